The maximum absolute atomic E-state index is 13.1. The molecule has 0 aliphatic rings. The molecule has 1 amide bonds. The Bertz CT molecular complexity index is 492. The lowest BCUT2D eigenvalue weighted by atomic mass is 10.2. The van der Waals surface area contributed by atoms with Crippen LogP contribution < -0.4 is 10.1 Å². The van der Waals surface area contributed by atoms with E-state index in [0.717, 1.165) is 18.2 Å². The van der Waals surface area contributed by atoms with Crippen molar-refractivity contribution in [3.8, 4) is 5.75 Å². The van der Waals surface area contributed by atoms with E-state index in [1.165, 1.54) is 14.0 Å². The van der Waals surface area contributed by atoms with Gasteiger partial charge < -0.3 is 19.9 Å². The van der Waals surface area contributed by atoms with E-state index in [-0.39, 0.29) is 11.3 Å². The molecular weight excluding hydrogens is 269 g/mol. The van der Waals surface area contributed by atoms with Crippen molar-refractivity contribution in [2.24, 2.45) is 0 Å². The van der Waals surface area contributed by atoms with Gasteiger partial charge in [-0.2, -0.15) is 0 Å². The number of hydrogen-bond donors (Lipinski definition) is 2. The smallest absolute Gasteiger partial charge is 0.339 e. The highest BCUT2D eigenvalue weighted by Crippen LogP contribution is 2.21. The average Bonchev–Trinajstić information content (AvgIpc) is 2.38. The number of halogens is 1. The molecule has 0 fully saturated rings. The molecule has 0 heterocycles. The van der Waals surface area contributed by atoms with Gasteiger partial charge in [0.1, 0.15) is 17.1 Å². The Morgan fingerprint density at radius 1 is 1.45 bits per heavy atom. The van der Waals surface area contributed by atoms with Crippen molar-refractivity contribution in [2.75, 3.05) is 20.3 Å². The number of nitrogens with one attached hydrogen (secondary N) is 1. The van der Waals surface area contributed by atoms with Gasteiger partial charge in [0, 0.05) is 19.7 Å². The van der Waals surface area contributed by atoms with Crippen molar-refractivity contribution in [3.63, 3.8) is 0 Å². The minimum absolute atomic E-state index is 0.188. The summed E-state index contributed by atoms with van der Waals surface area (Å²) in [6.07, 6.45) is -0.952. The number of amides is 1. The summed E-state index contributed by atoms with van der Waals surface area (Å²) in [5.41, 5.74) is -0.206. The molecule has 0 aliphatic heterocycles. The van der Waals surface area contributed by atoms with Crippen molar-refractivity contribution in [1.29, 1.82) is 0 Å². The molecular formula is C13H16FNO5. The molecule has 7 heteroatoms. The number of benzene rings is 1. The van der Waals surface area contributed by atoms with E-state index in [2.05, 4.69) is 5.32 Å². The number of aromatic carboxylic acids is 1. The van der Waals surface area contributed by atoms with Gasteiger partial charge in [0.15, 0.2) is 6.10 Å². The number of ether oxygens (including phenoxy) is 2. The first kappa shape index (κ1) is 15.9. The summed E-state index contributed by atoms with van der Waals surface area (Å²) in [4.78, 5) is 22.6. The van der Waals surface area contributed by atoms with Gasteiger partial charge in [-0.05, 0) is 19.1 Å². The Morgan fingerprint density at radius 2 is 2.15 bits per heavy atom. The Kier molecular flexibility index (Phi) is 5.92. The zero-order valence-electron chi connectivity index (χ0n) is 11.2. The number of hydrogen-bond acceptors (Lipinski definition) is 4. The standard InChI is InChI=1S/C13H16FNO5/c1-8(12(16)15-5-6-19-2)20-11-7-9(14)3-4-10(11)13(17)18/h3-4,7-8H,5-6H2,1-2H3,(H,15,16)(H,17,18). The first-order chi connectivity index (χ1) is 9.45. The van der Waals surface area contributed by atoms with Crippen molar-refractivity contribution in [2.45, 2.75) is 13.0 Å². The Morgan fingerprint density at radius 3 is 2.75 bits per heavy atom. The van der Waals surface area contributed by atoms with E-state index in [9.17, 15) is 14.0 Å². The molecule has 1 aromatic rings. The molecule has 0 spiro atoms. The van der Waals surface area contributed by atoms with Gasteiger partial charge in [-0.1, -0.05) is 0 Å². The lowest BCUT2D eigenvalue weighted by molar-refractivity contribution is -0.127. The summed E-state index contributed by atoms with van der Waals surface area (Å²) in [6.45, 7) is 2.09. The van der Waals surface area contributed by atoms with Gasteiger partial charge in [-0.15, -0.1) is 0 Å². The van der Waals surface area contributed by atoms with Crippen LogP contribution in [0.5, 0.6) is 5.75 Å². The van der Waals surface area contributed by atoms with Crippen molar-refractivity contribution < 1.29 is 28.6 Å². The minimum atomic E-state index is -1.26. The summed E-state index contributed by atoms with van der Waals surface area (Å²) >= 11 is 0. The number of carbonyl (C=O) groups excluding carboxylic acids is 1. The lowest BCUT2D eigenvalue weighted by Gasteiger charge is -2.16. The molecule has 0 aromatic heterocycles. The first-order valence-corrected chi connectivity index (χ1v) is 5.92. The van der Waals surface area contributed by atoms with Crippen molar-refractivity contribution in [1.82, 2.24) is 5.32 Å². The highest BCUT2D eigenvalue weighted by molar-refractivity contribution is 5.91. The highest BCUT2D eigenvalue weighted by Gasteiger charge is 2.19. The Balaban J connectivity index is 2.74. The summed E-state index contributed by atoms with van der Waals surface area (Å²) in [7, 11) is 1.50. The van der Waals surface area contributed by atoms with Gasteiger partial charge in [-0.3, -0.25) is 4.79 Å². The molecule has 0 aliphatic carbocycles. The number of rotatable bonds is 7. The largest absolute Gasteiger partial charge is 0.480 e. The molecule has 6 nitrogen and oxygen atoms in total. The fourth-order valence-electron chi connectivity index (χ4n) is 1.43. The van der Waals surface area contributed by atoms with Crippen LogP contribution in [0.2, 0.25) is 0 Å². The fraction of sp³-hybridized carbons (Fsp3) is 0.385. The molecule has 110 valence electrons. The molecule has 0 saturated heterocycles. The monoisotopic (exact) mass is 285 g/mol. The Labute approximate surface area is 115 Å². The zero-order chi connectivity index (χ0) is 15.1. The molecule has 0 radical (unpaired) electrons. The van der Waals surface area contributed by atoms with Crippen LogP contribution in [0.15, 0.2) is 18.2 Å². The minimum Gasteiger partial charge on any atom is -0.480 e. The van der Waals surface area contributed by atoms with E-state index >= 15 is 0 Å². The van der Waals surface area contributed by atoms with Crippen LogP contribution in [0.1, 0.15) is 17.3 Å². The number of methoxy groups -OCH3 is 1. The first-order valence-electron chi connectivity index (χ1n) is 5.92. The SMILES string of the molecule is COCCNC(=O)C(C)Oc1cc(F)ccc1C(=O)O. The van der Waals surface area contributed by atoms with Gasteiger partial charge in [0.25, 0.3) is 5.91 Å². The second-order valence-electron chi connectivity index (χ2n) is 3.99. The third-order valence-electron chi connectivity index (χ3n) is 2.45. The molecule has 1 rings (SSSR count). The van der Waals surface area contributed by atoms with Gasteiger partial charge in [0.2, 0.25) is 0 Å². The molecule has 1 aromatic carbocycles. The topological polar surface area (TPSA) is 84.9 Å². The van der Waals surface area contributed by atoms with E-state index in [1.54, 1.807) is 0 Å². The number of carbonyl (C=O) groups is 2. The van der Waals surface area contributed by atoms with E-state index in [1.807, 2.05) is 0 Å². The molecule has 2 N–H and O–H groups in total. The molecule has 0 saturated carbocycles. The summed E-state index contributed by atoms with van der Waals surface area (Å²) in [5.74, 6) is -2.53. The molecule has 20 heavy (non-hydrogen) atoms. The fourth-order valence-corrected chi connectivity index (χ4v) is 1.43. The third-order valence-corrected chi connectivity index (χ3v) is 2.45. The van der Waals surface area contributed by atoms with Crippen LogP contribution in [0.4, 0.5) is 4.39 Å². The molecule has 1 atom stereocenters. The van der Waals surface area contributed by atoms with Crippen LogP contribution in [0.25, 0.3) is 0 Å². The number of carboxylic acid groups (broad SMARTS) is 1. The predicted octanol–water partition coefficient (Wildman–Crippen LogP) is 1.05. The normalized spacial score (nSPS) is 11.8. The van der Waals surface area contributed by atoms with Crippen molar-refractivity contribution >= 4 is 11.9 Å². The Hall–Kier alpha value is -2.15. The third kappa shape index (κ3) is 4.51. The maximum Gasteiger partial charge on any atom is 0.339 e. The average molecular weight is 285 g/mol. The van der Waals surface area contributed by atoms with E-state index in [0.29, 0.717) is 13.2 Å². The maximum atomic E-state index is 13.1. The highest BCUT2D eigenvalue weighted by atomic mass is 19.1. The second kappa shape index (κ2) is 7.44. The van der Waals surface area contributed by atoms with Crippen LogP contribution in [-0.4, -0.2) is 43.3 Å². The predicted molar refractivity (Wildman–Crippen MR) is 68.3 cm³/mol. The second-order valence-corrected chi connectivity index (χ2v) is 3.99. The quantitative estimate of drug-likeness (QED) is 0.732. The summed E-state index contributed by atoms with van der Waals surface area (Å²) < 4.78 is 23.1. The summed E-state index contributed by atoms with van der Waals surface area (Å²) in [6, 6.07) is 3.03. The van der Waals surface area contributed by atoms with E-state index in [4.69, 9.17) is 14.6 Å². The van der Waals surface area contributed by atoms with Gasteiger partial charge in [-0.25, -0.2) is 9.18 Å². The van der Waals surface area contributed by atoms with Crippen LogP contribution in [0.3, 0.4) is 0 Å². The van der Waals surface area contributed by atoms with Crippen molar-refractivity contribution in [3.05, 3.63) is 29.6 Å². The van der Waals surface area contributed by atoms with Crippen LogP contribution in [0, 0.1) is 5.82 Å². The number of carboxylic acids is 1. The zero-order valence-corrected chi connectivity index (χ0v) is 11.2. The van der Waals surface area contributed by atoms with Crippen LogP contribution >= 0.6 is 0 Å². The van der Waals surface area contributed by atoms with E-state index < -0.39 is 23.8 Å². The lowest BCUT2D eigenvalue weighted by Crippen LogP contribution is -2.38. The van der Waals surface area contributed by atoms with Crippen LogP contribution in [-0.2, 0) is 9.53 Å². The van der Waals surface area contributed by atoms with Gasteiger partial charge in [0.05, 0.1) is 6.61 Å². The van der Waals surface area contributed by atoms with Gasteiger partial charge >= 0.3 is 5.97 Å². The summed E-state index contributed by atoms with van der Waals surface area (Å²) in [5, 5.41) is 11.5. The molecule has 0 bridgehead atoms. The molecule has 1 unspecified atom stereocenters.